The van der Waals surface area contributed by atoms with Gasteiger partial charge in [-0.25, -0.2) is 10.0 Å². The molecule has 1 aliphatic rings. The SMILES string of the molecule is CO/C(=C\NC(=O)c1ccc(Oc2cc(S(C)(C)CC(C)(C)C)ccc2C)o1)NC(=NCCCN1CCN(C)CC1)/N=C(\C)OC. The van der Waals surface area contributed by atoms with Crippen LogP contribution in [-0.4, -0.2) is 106 Å². The molecule has 1 amide bonds. The van der Waals surface area contributed by atoms with Crippen molar-refractivity contribution in [3.05, 3.63) is 53.7 Å². The molecule has 0 radical (unpaired) electrons. The van der Waals surface area contributed by atoms with E-state index in [2.05, 4.69) is 88.9 Å². The molecule has 2 aromatic rings. The van der Waals surface area contributed by atoms with Crippen molar-refractivity contribution in [3.8, 4) is 11.7 Å². The normalized spacial score (nSPS) is 16.3. The summed E-state index contributed by atoms with van der Waals surface area (Å²) in [6, 6.07) is 9.57. The van der Waals surface area contributed by atoms with E-state index in [1.54, 1.807) is 26.2 Å². The molecule has 1 aliphatic heterocycles. The van der Waals surface area contributed by atoms with Crippen molar-refractivity contribution in [2.75, 3.05) is 78.8 Å². The average molecular weight is 659 g/mol. The molecule has 0 saturated carbocycles. The third-order valence-electron chi connectivity index (χ3n) is 7.45. The first-order valence-corrected chi connectivity index (χ1v) is 18.3. The van der Waals surface area contributed by atoms with Crippen molar-refractivity contribution in [3.63, 3.8) is 0 Å². The summed E-state index contributed by atoms with van der Waals surface area (Å²) in [5.41, 5.74) is 1.20. The number of amides is 1. The Hall–Kier alpha value is -3.48. The maximum absolute atomic E-state index is 12.9. The number of furan rings is 1. The Morgan fingerprint density at radius 2 is 1.80 bits per heavy atom. The van der Waals surface area contributed by atoms with Gasteiger partial charge in [-0.05, 0) is 72.7 Å². The fraction of sp³-hybridized carbons (Fsp3) is 0.559. The van der Waals surface area contributed by atoms with Crippen molar-refractivity contribution >= 4 is 27.8 Å². The van der Waals surface area contributed by atoms with Crippen LogP contribution in [0.2, 0.25) is 0 Å². The van der Waals surface area contributed by atoms with E-state index in [-0.39, 0.29) is 23.0 Å². The Labute approximate surface area is 276 Å². The van der Waals surface area contributed by atoms with E-state index in [1.807, 2.05) is 6.92 Å². The van der Waals surface area contributed by atoms with Gasteiger partial charge in [-0.2, -0.15) is 4.99 Å². The number of benzene rings is 1. The van der Waals surface area contributed by atoms with Gasteiger partial charge in [-0.3, -0.25) is 15.1 Å². The lowest BCUT2D eigenvalue weighted by Gasteiger charge is -2.38. The number of carbonyl (C=O) groups is 1. The number of carbonyl (C=O) groups excluding carboxylic acids is 1. The van der Waals surface area contributed by atoms with E-state index < -0.39 is 15.9 Å². The highest BCUT2D eigenvalue weighted by Gasteiger charge is 2.24. The van der Waals surface area contributed by atoms with Gasteiger partial charge in [0.05, 0.1) is 20.4 Å². The Morgan fingerprint density at radius 3 is 2.46 bits per heavy atom. The number of nitrogens with zero attached hydrogens (tertiary/aromatic N) is 4. The molecule has 0 bridgehead atoms. The molecule has 0 aliphatic carbocycles. The highest BCUT2D eigenvalue weighted by atomic mass is 32.3. The summed E-state index contributed by atoms with van der Waals surface area (Å²) in [6.45, 7) is 16.4. The van der Waals surface area contributed by atoms with Gasteiger partial charge in [0.25, 0.3) is 11.9 Å². The van der Waals surface area contributed by atoms with Crippen LogP contribution in [-0.2, 0) is 9.47 Å². The standard InChI is InChI=1S/C34H54N6O5S/c1-25-12-13-27(46(9,10)24-34(3,4)5)22-29(25)45-31-15-14-28(44-31)32(41)36-23-30(43-8)38-33(37-26(2)42-7)35-16-11-17-40-20-18-39(6)19-21-40/h12-15,22-23H,11,16-21,24H2,1-10H3,(H,35,38)(H,36,41)/b30-23-,37-26+. The summed E-state index contributed by atoms with van der Waals surface area (Å²) < 4.78 is 22.5. The zero-order chi connectivity index (χ0) is 33.9. The van der Waals surface area contributed by atoms with Crippen molar-refractivity contribution in [2.24, 2.45) is 15.4 Å². The molecule has 0 spiro atoms. The lowest BCUT2D eigenvalue weighted by molar-refractivity contribution is 0.0935. The van der Waals surface area contributed by atoms with Crippen LogP contribution < -0.4 is 15.4 Å². The Kier molecular flexibility index (Phi) is 13.6. The predicted octanol–water partition coefficient (Wildman–Crippen LogP) is 5.67. The molecule has 46 heavy (non-hydrogen) atoms. The van der Waals surface area contributed by atoms with Crippen LogP contribution >= 0.6 is 10.0 Å². The number of ether oxygens (including phenoxy) is 3. The largest absolute Gasteiger partial charge is 0.484 e. The first kappa shape index (κ1) is 37.0. The highest BCUT2D eigenvalue weighted by Crippen LogP contribution is 2.53. The maximum Gasteiger partial charge on any atom is 0.291 e. The van der Waals surface area contributed by atoms with Gasteiger partial charge in [0, 0.05) is 52.3 Å². The van der Waals surface area contributed by atoms with Crippen LogP contribution in [0.15, 0.2) is 61.7 Å². The summed E-state index contributed by atoms with van der Waals surface area (Å²) in [7, 11) is 4.15. The number of aryl methyl sites for hydroxylation is 1. The number of rotatable bonds is 12. The number of likely N-dealkylation sites (N-methyl/N-ethyl adjacent to an activating group) is 1. The van der Waals surface area contributed by atoms with Crippen molar-refractivity contribution in [2.45, 2.75) is 45.9 Å². The number of methoxy groups -OCH3 is 2. The first-order chi connectivity index (χ1) is 21.7. The molecular weight excluding hydrogens is 604 g/mol. The molecule has 1 fully saturated rings. The second-order valence-corrected chi connectivity index (χ2v) is 17.1. The number of hydrogen-bond acceptors (Lipinski definition) is 8. The van der Waals surface area contributed by atoms with E-state index in [0.29, 0.717) is 24.2 Å². The van der Waals surface area contributed by atoms with Gasteiger partial charge < -0.3 is 33.7 Å². The molecule has 12 heteroatoms. The van der Waals surface area contributed by atoms with E-state index in [4.69, 9.17) is 18.6 Å². The van der Waals surface area contributed by atoms with Gasteiger partial charge >= 0.3 is 0 Å². The van der Waals surface area contributed by atoms with Crippen LogP contribution in [0.4, 0.5) is 0 Å². The van der Waals surface area contributed by atoms with Crippen LogP contribution in [0.1, 0.15) is 50.2 Å². The number of hydrogen-bond donors (Lipinski definition) is 2. The minimum Gasteiger partial charge on any atom is -0.484 e. The van der Waals surface area contributed by atoms with Gasteiger partial charge in [0.2, 0.25) is 11.8 Å². The molecule has 256 valence electrons. The van der Waals surface area contributed by atoms with Gasteiger partial charge in [-0.1, -0.05) is 26.8 Å². The summed E-state index contributed by atoms with van der Waals surface area (Å²) in [5.74, 6) is 2.68. The van der Waals surface area contributed by atoms with E-state index in [1.165, 1.54) is 18.2 Å². The average Bonchev–Trinajstić information content (AvgIpc) is 3.46. The fourth-order valence-electron chi connectivity index (χ4n) is 5.11. The van der Waals surface area contributed by atoms with E-state index >= 15 is 0 Å². The molecule has 0 atom stereocenters. The summed E-state index contributed by atoms with van der Waals surface area (Å²) >= 11 is 0. The van der Waals surface area contributed by atoms with Gasteiger partial charge in [-0.15, -0.1) is 0 Å². The van der Waals surface area contributed by atoms with Crippen LogP contribution in [0, 0.1) is 12.3 Å². The van der Waals surface area contributed by atoms with E-state index in [0.717, 1.165) is 50.5 Å². The van der Waals surface area contributed by atoms with Crippen LogP contribution in [0.25, 0.3) is 0 Å². The third kappa shape index (κ3) is 12.0. The second kappa shape index (κ2) is 16.9. The molecule has 2 heterocycles. The maximum atomic E-state index is 12.9. The summed E-state index contributed by atoms with van der Waals surface area (Å²) in [4.78, 5) is 28.0. The molecule has 11 nitrogen and oxygen atoms in total. The Morgan fingerprint density at radius 1 is 1.09 bits per heavy atom. The zero-order valence-electron chi connectivity index (χ0n) is 29.4. The smallest absolute Gasteiger partial charge is 0.291 e. The molecule has 1 aromatic carbocycles. The number of guanidine groups is 1. The molecule has 0 unspecified atom stereocenters. The van der Waals surface area contributed by atoms with Gasteiger partial charge in [0.1, 0.15) is 5.75 Å². The lowest BCUT2D eigenvalue weighted by atomic mass is 10.0. The molecule has 1 saturated heterocycles. The number of aliphatic imine (C=N–C) groups is 2. The van der Waals surface area contributed by atoms with E-state index in [9.17, 15) is 4.79 Å². The minimum absolute atomic E-state index is 0.0974. The quantitative estimate of drug-likeness (QED) is 0.130. The van der Waals surface area contributed by atoms with Crippen LogP contribution in [0.5, 0.6) is 11.7 Å². The number of piperazine rings is 1. The van der Waals surface area contributed by atoms with Crippen LogP contribution in [0.3, 0.4) is 0 Å². The third-order valence-corrected chi connectivity index (χ3v) is 10.6. The Bertz CT molecular complexity index is 1390. The second-order valence-electron chi connectivity index (χ2n) is 13.2. The zero-order valence-corrected chi connectivity index (χ0v) is 30.2. The topological polar surface area (TPSA) is 113 Å². The lowest BCUT2D eigenvalue weighted by Crippen LogP contribution is -2.44. The van der Waals surface area contributed by atoms with Crippen molar-refractivity contribution in [1.82, 2.24) is 20.4 Å². The number of nitrogens with one attached hydrogen (secondary N) is 2. The predicted molar refractivity (Wildman–Crippen MR) is 189 cm³/mol. The molecule has 3 rings (SSSR count). The minimum atomic E-state index is -1.03. The summed E-state index contributed by atoms with van der Waals surface area (Å²) in [6.07, 6.45) is 6.95. The molecular formula is C34H54N6O5S. The summed E-state index contributed by atoms with van der Waals surface area (Å²) in [5, 5.41) is 5.72. The Balaban J connectivity index is 1.63. The fourth-order valence-corrected chi connectivity index (χ4v) is 8.31. The molecule has 1 aromatic heterocycles. The van der Waals surface area contributed by atoms with Crippen molar-refractivity contribution in [1.29, 1.82) is 0 Å². The van der Waals surface area contributed by atoms with Crippen molar-refractivity contribution < 1.29 is 23.4 Å². The van der Waals surface area contributed by atoms with Gasteiger partial charge in [0.15, 0.2) is 11.7 Å². The first-order valence-electron chi connectivity index (χ1n) is 15.6. The molecule has 2 N–H and O–H groups in total. The highest BCUT2D eigenvalue weighted by molar-refractivity contribution is 8.32. The monoisotopic (exact) mass is 658 g/mol.